The van der Waals surface area contributed by atoms with Crippen molar-refractivity contribution in [3.8, 4) is 11.5 Å². The zero-order chi connectivity index (χ0) is 27.9. The number of fused-ring (bicyclic) bond motifs is 1. The lowest BCUT2D eigenvalue weighted by molar-refractivity contribution is -0.163. The number of rotatable bonds is 10. The highest BCUT2D eigenvalue weighted by molar-refractivity contribution is 5.89. The summed E-state index contributed by atoms with van der Waals surface area (Å²) < 4.78 is 23.7. The maximum absolute atomic E-state index is 14.3. The van der Waals surface area contributed by atoms with Gasteiger partial charge in [-0.15, -0.1) is 0 Å². The Bertz CT molecular complexity index is 1300. The second-order valence-corrected chi connectivity index (χ2v) is 9.99. The minimum absolute atomic E-state index is 0.0117. The molecule has 210 valence electrons. The first kappa shape index (κ1) is 27.6. The number of hydrogen-bond donors (Lipinski definition) is 0. The van der Waals surface area contributed by atoms with Crippen LogP contribution >= 0.6 is 0 Å². The summed E-state index contributed by atoms with van der Waals surface area (Å²) in [6.45, 7) is 2.35. The molecule has 0 bridgehead atoms. The van der Waals surface area contributed by atoms with Gasteiger partial charge in [-0.2, -0.15) is 0 Å². The van der Waals surface area contributed by atoms with Crippen LogP contribution in [0.15, 0.2) is 61.1 Å². The molecule has 1 amide bonds. The van der Waals surface area contributed by atoms with E-state index in [1.807, 2.05) is 42.5 Å². The van der Waals surface area contributed by atoms with Crippen LogP contribution in [0, 0.1) is 0 Å². The number of methoxy groups -OCH3 is 1. The normalized spacial score (nSPS) is 17.6. The Kier molecular flexibility index (Phi) is 8.91. The first-order chi connectivity index (χ1) is 19.6. The van der Waals surface area contributed by atoms with Crippen molar-refractivity contribution >= 4 is 11.9 Å². The Balaban J connectivity index is 1.49. The molecular weight excluding hydrogens is 510 g/mol. The van der Waals surface area contributed by atoms with Gasteiger partial charge < -0.3 is 23.8 Å². The zero-order valence-corrected chi connectivity index (χ0v) is 23.0. The topological polar surface area (TPSA) is 100 Å². The number of aromatic nitrogens is 2. The number of amides is 1. The second-order valence-electron chi connectivity index (χ2n) is 9.99. The average molecular weight is 546 g/mol. The predicted molar refractivity (Wildman–Crippen MR) is 147 cm³/mol. The van der Waals surface area contributed by atoms with Crippen molar-refractivity contribution in [2.75, 3.05) is 13.7 Å². The van der Waals surface area contributed by atoms with Crippen LogP contribution in [-0.4, -0.2) is 52.6 Å². The molecule has 0 radical (unpaired) electrons. The molecule has 3 aromatic rings. The third-order valence-corrected chi connectivity index (χ3v) is 7.44. The molecule has 2 aliphatic rings. The van der Waals surface area contributed by atoms with E-state index in [1.165, 1.54) is 0 Å². The number of benzene rings is 2. The van der Waals surface area contributed by atoms with Gasteiger partial charge in [0, 0.05) is 30.9 Å². The monoisotopic (exact) mass is 545 g/mol. The van der Waals surface area contributed by atoms with Crippen molar-refractivity contribution in [2.45, 2.75) is 70.4 Å². The molecule has 1 saturated carbocycles. The summed E-state index contributed by atoms with van der Waals surface area (Å²) in [4.78, 5) is 37.6. The van der Waals surface area contributed by atoms with E-state index in [4.69, 9.17) is 18.9 Å². The van der Waals surface area contributed by atoms with Crippen molar-refractivity contribution in [1.82, 2.24) is 14.9 Å². The molecule has 1 aliphatic carbocycles. The summed E-state index contributed by atoms with van der Waals surface area (Å²) in [5.74, 6) is 0.349. The highest BCUT2D eigenvalue weighted by atomic mass is 16.5. The van der Waals surface area contributed by atoms with Gasteiger partial charge in [-0.25, -0.2) is 4.79 Å². The molecular formula is C31H35N3O6. The third kappa shape index (κ3) is 6.09. The lowest BCUT2D eigenvalue weighted by atomic mass is 9.91. The zero-order valence-electron chi connectivity index (χ0n) is 23.0. The minimum Gasteiger partial charge on any atom is -0.493 e. The number of carbonyl (C=O) groups is 2. The van der Waals surface area contributed by atoms with E-state index in [0.29, 0.717) is 17.2 Å². The fourth-order valence-electron chi connectivity index (χ4n) is 5.44. The Morgan fingerprint density at radius 1 is 1.07 bits per heavy atom. The Morgan fingerprint density at radius 3 is 2.58 bits per heavy atom. The quantitative estimate of drug-likeness (QED) is 0.341. The van der Waals surface area contributed by atoms with Crippen molar-refractivity contribution in [1.29, 1.82) is 0 Å². The molecule has 1 aromatic heterocycles. The average Bonchev–Trinajstić information content (AvgIpc) is 3.52. The van der Waals surface area contributed by atoms with Crippen LogP contribution in [-0.2, 0) is 38.6 Å². The molecule has 0 unspecified atom stereocenters. The molecule has 9 nitrogen and oxygen atoms in total. The highest BCUT2D eigenvalue weighted by Crippen LogP contribution is 2.40. The fraction of sp³-hybridized carbons (Fsp3) is 0.419. The first-order valence-electron chi connectivity index (χ1n) is 13.8. The molecule has 0 N–H and O–H groups in total. The Morgan fingerprint density at radius 2 is 1.88 bits per heavy atom. The molecule has 5 rings (SSSR count). The molecule has 0 spiro atoms. The van der Waals surface area contributed by atoms with Crippen LogP contribution in [0.3, 0.4) is 0 Å². The first-order valence-corrected chi connectivity index (χ1v) is 13.8. The van der Waals surface area contributed by atoms with Crippen LogP contribution in [0.2, 0.25) is 0 Å². The van der Waals surface area contributed by atoms with E-state index in [1.54, 1.807) is 37.5 Å². The summed E-state index contributed by atoms with van der Waals surface area (Å²) >= 11 is 0. The van der Waals surface area contributed by atoms with Crippen molar-refractivity contribution in [2.24, 2.45) is 0 Å². The second kappa shape index (κ2) is 12.9. The van der Waals surface area contributed by atoms with Gasteiger partial charge in [-0.05, 0) is 37.0 Å². The van der Waals surface area contributed by atoms with Gasteiger partial charge in [0.2, 0.25) is 0 Å². The van der Waals surface area contributed by atoms with Crippen molar-refractivity contribution in [3.63, 3.8) is 0 Å². The van der Waals surface area contributed by atoms with E-state index in [2.05, 4.69) is 9.97 Å². The molecule has 9 heteroatoms. The summed E-state index contributed by atoms with van der Waals surface area (Å²) in [6, 6.07) is 12.4. The van der Waals surface area contributed by atoms with Gasteiger partial charge in [0.15, 0.2) is 17.6 Å². The standard InChI is InChI=1S/C31H35N3O6/c1-3-38-31(36)26-17-25-22(13-14-27(37-2)29(25)39-20-23-18-32-15-16-33-23)19-34(26)30(35)28(21-9-5-4-6-10-21)40-24-11-7-8-12-24/h4-6,9-10,13-16,18,24,26,28H,3,7-8,11-12,17,19-20H2,1-2H3/t26-,28-/m0/s1. The van der Waals surface area contributed by atoms with Gasteiger partial charge in [0.25, 0.3) is 5.91 Å². The van der Waals surface area contributed by atoms with Crippen LogP contribution in [0.25, 0.3) is 0 Å². The number of hydrogen-bond acceptors (Lipinski definition) is 8. The van der Waals surface area contributed by atoms with E-state index in [0.717, 1.165) is 42.4 Å². The minimum atomic E-state index is -0.843. The van der Waals surface area contributed by atoms with Gasteiger partial charge in [-0.1, -0.05) is 49.2 Å². The Labute approximate surface area is 234 Å². The van der Waals surface area contributed by atoms with Gasteiger partial charge in [0.05, 0.1) is 31.7 Å². The number of esters is 1. The van der Waals surface area contributed by atoms with Gasteiger partial charge >= 0.3 is 5.97 Å². The molecule has 2 heterocycles. The molecule has 1 aliphatic heterocycles. The van der Waals surface area contributed by atoms with E-state index in [9.17, 15) is 9.59 Å². The van der Waals surface area contributed by atoms with Crippen LogP contribution in [0.4, 0.5) is 0 Å². The number of ether oxygens (including phenoxy) is 4. The number of nitrogens with zero attached hydrogens (tertiary/aromatic N) is 3. The maximum atomic E-state index is 14.3. The van der Waals surface area contributed by atoms with Crippen molar-refractivity contribution in [3.05, 3.63) is 83.4 Å². The molecule has 0 saturated heterocycles. The third-order valence-electron chi connectivity index (χ3n) is 7.44. The van der Waals surface area contributed by atoms with E-state index >= 15 is 0 Å². The smallest absolute Gasteiger partial charge is 0.329 e. The van der Waals surface area contributed by atoms with Gasteiger partial charge in [-0.3, -0.25) is 14.8 Å². The molecule has 2 atom stereocenters. The lowest BCUT2D eigenvalue weighted by Gasteiger charge is -2.38. The number of carbonyl (C=O) groups excluding carboxylic acids is 2. The van der Waals surface area contributed by atoms with Crippen LogP contribution in [0.1, 0.15) is 61.1 Å². The summed E-state index contributed by atoms with van der Waals surface area (Å²) in [5, 5.41) is 0. The van der Waals surface area contributed by atoms with Gasteiger partial charge in [0.1, 0.15) is 12.6 Å². The SMILES string of the molecule is CCOC(=O)[C@@H]1Cc2c(ccc(OC)c2OCc2cnccn2)CN1C(=O)[C@@H](OC1CCCC1)c1ccccc1. The largest absolute Gasteiger partial charge is 0.493 e. The summed E-state index contributed by atoms with van der Waals surface area (Å²) in [5.41, 5.74) is 3.11. The summed E-state index contributed by atoms with van der Waals surface area (Å²) in [6.07, 6.45) is 8.28. The maximum Gasteiger partial charge on any atom is 0.329 e. The molecule has 40 heavy (non-hydrogen) atoms. The molecule has 2 aromatic carbocycles. The summed E-state index contributed by atoms with van der Waals surface area (Å²) in [7, 11) is 1.57. The van der Waals surface area contributed by atoms with Crippen LogP contribution < -0.4 is 9.47 Å². The van der Waals surface area contributed by atoms with E-state index < -0.39 is 18.1 Å². The lowest BCUT2D eigenvalue weighted by Crippen LogP contribution is -2.51. The highest BCUT2D eigenvalue weighted by Gasteiger charge is 2.41. The predicted octanol–water partition coefficient (Wildman–Crippen LogP) is 4.58. The van der Waals surface area contributed by atoms with Crippen LogP contribution in [0.5, 0.6) is 11.5 Å². The Hall–Kier alpha value is -3.98. The van der Waals surface area contributed by atoms with Crippen molar-refractivity contribution < 1.29 is 28.5 Å². The fourth-order valence-corrected chi connectivity index (χ4v) is 5.44. The molecule has 1 fully saturated rings. The van der Waals surface area contributed by atoms with E-state index in [-0.39, 0.29) is 38.2 Å².